The number of aliphatic carboxylic acids is 1. The number of likely N-dealkylation sites (tertiary alicyclic amines) is 1. The molecule has 42 heavy (non-hydrogen) atoms. The number of nitrogens with zero attached hydrogens (tertiary/aromatic N) is 1. The van der Waals surface area contributed by atoms with Crippen LogP contribution in [0.5, 0.6) is 5.75 Å². The van der Waals surface area contributed by atoms with Crippen LogP contribution >= 0.6 is 0 Å². The van der Waals surface area contributed by atoms with Crippen LogP contribution in [0.3, 0.4) is 0 Å². The second kappa shape index (κ2) is 23.4. The van der Waals surface area contributed by atoms with E-state index in [9.17, 15) is 14.7 Å². The molecule has 0 radical (unpaired) electrons. The number of carbonyl (C=O) groups is 2. The van der Waals surface area contributed by atoms with Gasteiger partial charge in [-0.2, -0.15) is 0 Å². The zero-order chi connectivity index (χ0) is 30.3. The Bertz CT molecular complexity index is 827. The van der Waals surface area contributed by atoms with Gasteiger partial charge in [-0.1, -0.05) is 129 Å². The minimum absolute atomic E-state index is 0.0339. The largest absolute Gasteiger partial charge is 0.481 e. The molecule has 6 heteroatoms. The van der Waals surface area contributed by atoms with Crippen LogP contribution in [0.1, 0.15) is 148 Å². The number of carboxylic acid groups (broad SMARTS) is 1. The molecule has 1 N–H and O–H groups in total. The number of benzene rings is 1. The van der Waals surface area contributed by atoms with Crippen molar-refractivity contribution in [1.29, 1.82) is 0 Å². The van der Waals surface area contributed by atoms with Crippen LogP contribution in [0.15, 0.2) is 24.3 Å². The minimum atomic E-state index is -0.924. The second-order valence-electron chi connectivity index (χ2n) is 12.3. The summed E-state index contributed by atoms with van der Waals surface area (Å²) in [6, 6.07) is 8.17. The van der Waals surface area contributed by atoms with Crippen molar-refractivity contribution in [2.75, 3.05) is 19.8 Å². The molecule has 1 aromatic carbocycles. The fourth-order valence-corrected chi connectivity index (χ4v) is 5.79. The highest BCUT2D eigenvalue weighted by Gasteiger charge is 2.38. The Morgan fingerprint density at radius 1 is 0.786 bits per heavy atom. The summed E-state index contributed by atoms with van der Waals surface area (Å²) in [5.74, 6) is -1.05. The molecular formula is C36H61NO5. The summed E-state index contributed by atoms with van der Waals surface area (Å²) in [5.41, 5.74) is 1.30. The van der Waals surface area contributed by atoms with Crippen LogP contribution in [-0.2, 0) is 20.7 Å². The van der Waals surface area contributed by atoms with Gasteiger partial charge in [0.25, 0.3) is 0 Å². The highest BCUT2D eigenvalue weighted by molar-refractivity contribution is 5.86. The van der Waals surface area contributed by atoms with E-state index >= 15 is 0 Å². The zero-order valence-electron chi connectivity index (χ0n) is 27.0. The van der Waals surface area contributed by atoms with E-state index in [2.05, 4.69) is 26.0 Å². The Balaban J connectivity index is 1.70. The van der Waals surface area contributed by atoms with Gasteiger partial charge in [-0.25, -0.2) is 0 Å². The first kappa shape index (κ1) is 36.1. The molecule has 2 atom stereocenters. The number of hydrogen-bond donors (Lipinski definition) is 1. The summed E-state index contributed by atoms with van der Waals surface area (Å²) in [6.07, 6.45) is 24.5. The van der Waals surface area contributed by atoms with E-state index < -0.39 is 18.1 Å². The first-order valence-electron chi connectivity index (χ1n) is 17.4. The predicted molar refractivity (Wildman–Crippen MR) is 172 cm³/mol. The Morgan fingerprint density at radius 2 is 1.31 bits per heavy atom. The Labute approximate surface area is 256 Å². The summed E-state index contributed by atoms with van der Waals surface area (Å²) in [6.45, 7) is 5.90. The van der Waals surface area contributed by atoms with Gasteiger partial charge in [-0.15, -0.1) is 0 Å². The van der Waals surface area contributed by atoms with Crippen LogP contribution in [0, 0.1) is 5.92 Å². The Hall–Kier alpha value is -2.08. The van der Waals surface area contributed by atoms with E-state index in [4.69, 9.17) is 9.47 Å². The van der Waals surface area contributed by atoms with Crippen molar-refractivity contribution in [1.82, 2.24) is 4.90 Å². The van der Waals surface area contributed by atoms with Gasteiger partial charge in [-0.05, 0) is 37.0 Å². The third kappa shape index (κ3) is 16.0. The van der Waals surface area contributed by atoms with E-state index in [-0.39, 0.29) is 18.9 Å². The van der Waals surface area contributed by atoms with Gasteiger partial charge >= 0.3 is 5.97 Å². The zero-order valence-corrected chi connectivity index (χ0v) is 27.0. The molecule has 0 aliphatic carbocycles. The first-order chi connectivity index (χ1) is 20.5. The van der Waals surface area contributed by atoms with Crippen molar-refractivity contribution in [3.63, 3.8) is 0 Å². The molecule has 2 rings (SSSR count). The summed E-state index contributed by atoms with van der Waals surface area (Å²) in [7, 11) is 0. The van der Waals surface area contributed by atoms with Crippen molar-refractivity contribution in [3.8, 4) is 5.75 Å². The summed E-state index contributed by atoms with van der Waals surface area (Å²) in [5, 5.41) is 9.46. The molecule has 0 bridgehead atoms. The number of rotatable bonds is 27. The molecule has 1 aliphatic rings. The molecule has 1 saturated heterocycles. The summed E-state index contributed by atoms with van der Waals surface area (Å²) < 4.78 is 12.2. The lowest BCUT2D eigenvalue weighted by Crippen LogP contribution is -2.41. The van der Waals surface area contributed by atoms with Crippen molar-refractivity contribution < 1.29 is 24.2 Å². The average Bonchev–Trinajstić information content (AvgIpc) is 3.38. The van der Waals surface area contributed by atoms with Crippen LogP contribution in [0.2, 0.25) is 0 Å². The lowest BCUT2D eigenvalue weighted by molar-refractivity contribution is -0.141. The van der Waals surface area contributed by atoms with Crippen molar-refractivity contribution in [3.05, 3.63) is 29.8 Å². The van der Waals surface area contributed by atoms with E-state index in [1.54, 1.807) is 4.90 Å². The van der Waals surface area contributed by atoms with E-state index in [0.717, 1.165) is 12.8 Å². The smallest absolute Gasteiger partial charge is 0.308 e. The molecule has 1 heterocycles. The van der Waals surface area contributed by atoms with Crippen LogP contribution < -0.4 is 4.74 Å². The molecular weight excluding hydrogens is 526 g/mol. The van der Waals surface area contributed by atoms with Crippen molar-refractivity contribution >= 4 is 11.9 Å². The molecule has 6 nitrogen and oxygen atoms in total. The van der Waals surface area contributed by atoms with E-state index in [0.29, 0.717) is 25.4 Å². The molecule has 240 valence electrons. The molecule has 2 unspecified atom stereocenters. The van der Waals surface area contributed by atoms with Crippen LogP contribution in [0.25, 0.3) is 0 Å². The highest BCUT2D eigenvalue weighted by Crippen LogP contribution is 2.25. The normalized spacial score (nSPS) is 15.8. The number of ether oxygens (including phenoxy) is 2. The maximum absolute atomic E-state index is 12.7. The number of aryl methyl sites for hydroxylation is 1. The van der Waals surface area contributed by atoms with Crippen molar-refractivity contribution in [2.45, 2.75) is 155 Å². The fraction of sp³-hybridized carbons (Fsp3) is 0.778. The lowest BCUT2D eigenvalue weighted by Gasteiger charge is -2.28. The number of carbonyl (C=O) groups excluding carboxylic acids is 1. The number of carboxylic acids is 1. The van der Waals surface area contributed by atoms with Gasteiger partial charge < -0.3 is 19.5 Å². The van der Waals surface area contributed by atoms with Gasteiger partial charge in [-0.3, -0.25) is 9.59 Å². The van der Waals surface area contributed by atoms with E-state index in [1.807, 2.05) is 12.1 Å². The highest BCUT2D eigenvalue weighted by atomic mass is 16.5. The molecule has 1 aromatic rings. The van der Waals surface area contributed by atoms with Gasteiger partial charge in [0.1, 0.15) is 5.75 Å². The molecule has 1 fully saturated rings. The van der Waals surface area contributed by atoms with Crippen molar-refractivity contribution in [2.24, 2.45) is 5.92 Å². The topological polar surface area (TPSA) is 76.1 Å². The molecule has 0 aromatic heterocycles. The van der Waals surface area contributed by atoms with Gasteiger partial charge in [0.15, 0.2) is 6.23 Å². The molecule has 0 saturated carbocycles. The molecule has 1 amide bonds. The predicted octanol–water partition coefficient (Wildman–Crippen LogP) is 9.34. The quantitative estimate of drug-likeness (QED) is 0.104. The van der Waals surface area contributed by atoms with Crippen LogP contribution in [0.4, 0.5) is 0 Å². The maximum Gasteiger partial charge on any atom is 0.308 e. The second-order valence-corrected chi connectivity index (χ2v) is 12.3. The number of hydrogen-bond acceptors (Lipinski definition) is 4. The van der Waals surface area contributed by atoms with Gasteiger partial charge in [0, 0.05) is 26.0 Å². The standard InChI is InChI=1S/C36H61NO5/c1-3-5-7-9-11-12-13-14-16-18-20-27-41-28-26-35(37-30-32(36(39)40)29-34(37)38)42-33-24-22-31(23-25-33)21-19-17-15-10-8-6-4-2/h22-25,32,35H,3-21,26-30H2,1-2H3,(H,39,40). The summed E-state index contributed by atoms with van der Waals surface area (Å²) >= 11 is 0. The maximum atomic E-state index is 12.7. The monoisotopic (exact) mass is 587 g/mol. The van der Waals surface area contributed by atoms with Gasteiger partial charge in [0.2, 0.25) is 5.91 Å². The molecule has 0 spiro atoms. The third-order valence-corrected chi connectivity index (χ3v) is 8.52. The van der Waals surface area contributed by atoms with Gasteiger partial charge in [0.05, 0.1) is 12.5 Å². The summed E-state index contributed by atoms with van der Waals surface area (Å²) in [4.78, 5) is 25.8. The average molecular weight is 588 g/mol. The number of amides is 1. The molecule has 1 aliphatic heterocycles. The van der Waals surface area contributed by atoms with E-state index in [1.165, 1.54) is 115 Å². The lowest BCUT2D eigenvalue weighted by atomic mass is 10.0. The Morgan fingerprint density at radius 3 is 1.83 bits per heavy atom. The minimum Gasteiger partial charge on any atom is -0.481 e. The Kier molecular flexibility index (Phi) is 20.1. The third-order valence-electron chi connectivity index (χ3n) is 8.52. The first-order valence-corrected chi connectivity index (χ1v) is 17.4. The SMILES string of the molecule is CCCCCCCCCCCCCOCCC(Oc1ccc(CCCCCCCCC)cc1)N1CC(C(=O)O)CC1=O. The number of unbranched alkanes of at least 4 members (excludes halogenated alkanes) is 16. The fourth-order valence-electron chi connectivity index (χ4n) is 5.79. The van der Waals surface area contributed by atoms with Crippen LogP contribution in [-0.4, -0.2) is 47.9 Å².